The van der Waals surface area contributed by atoms with Crippen molar-refractivity contribution in [1.29, 1.82) is 0 Å². The van der Waals surface area contributed by atoms with Crippen LogP contribution < -0.4 is 24.2 Å². The van der Waals surface area contributed by atoms with E-state index >= 15 is 0 Å². The second-order valence-electron chi connectivity index (χ2n) is 6.73. The van der Waals surface area contributed by atoms with E-state index < -0.39 is 37.6 Å². The molecule has 34 heavy (non-hydrogen) atoms. The van der Waals surface area contributed by atoms with Crippen molar-refractivity contribution < 1.29 is 35.5 Å². The summed E-state index contributed by atoms with van der Waals surface area (Å²) in [6.45, 7) is 0. The van der Waals surface area contributed by atoms with Crippen LogP contribution in [0.2, 0.25) is 0 Å². The number of aromatic nitrogens is 1. The number of para-hydroxylation sites is 1. The number of nitrogens with zero attached hydrogens (tertiary/aromatic N) is 1. The van der Waals surface area contributed by atoms with Crippen LogP contribution in [0.25, 0.3) is 0 Å². The molecule has 1 heterocycles. The molecule has 3 rings (SSSR count). The van der Waals surface area contributed by atoms with Crippen molar-refractivity contribution in [2.24, 2.45) is 0 Å². The van der Waals surface area contributed by atoms with E-state index in [2.05, 4.69) is 15.6 Å². The molecule has 0 aliphatic rings. The number of halogens is 1. The Labute approximate surface area is 199 Å². The average molecular weight is 531 g/mol. The van der Waals surface area contributed by atoms with E-state index in [-0.39, 0.29) is 28.5 Å². The zero-order chi connectivity index (χ0) is 24.9. The number of carbonyl (C=O) groups is 1. The number of carbonyl (C=O) groups excluding carboxylic acids is 1. The molecule has 0 fully saturated rings. The van der Waals surface area contributed by atoms with Gasteiger partial charge in [-0.1, -0.05) is 12.1 Å². The van der Waals surface area contributed by atoms with Crippen LogP contribution in [0.4, 0.5) is 20.0 Å². The molecular formula is C19H19FN4O7S3. The van der Waals surface area contributed by atoms with E-state index in [0.717, 1.165) is 6.07 Å². The lowest BCUT2D eigenvalue weighted by Crippen LogP contribution is -2.30. The van der Waals surface area contributed by atoms with Crippen LogP contribution in [0.3, 0.4) is 0 Å². The van der Waals surface area contributed by atoms with Crippen LogP contribution in [-0.2, 0) is 25.8 Å². The summed E-state index contributed by atoms with van der Waals surface area (Å²) in [5.74, 6) is -1.65. The fourth-order valence-corrected chi connectivity index (χ4v) is 5.95. The van der Waals surface area contributed by atoms with Gasteiger partial charge in [0.1, 0.15) is 0 Å². The molecule has 0 spiro atoms. The largest absolute Gasteiger partial charge is 0.493 e. The first-order chi connectivity index (χ1) is 16.0. The molecular weight excluding hydrogens is 511 g/mol. The Kier molecular flexibility index (Phi) is 7.71. The summed E-state index contributed by atoms with van der Waals surface area (Å²) < 4.78 is 73.7. The molecule has 0 aliphatic carbocycles. The highest BCUT2D eigenvalue weighted by Gasteiger charge is 2.20. The Balaban J connectivity index is 1.95. The van der Waals surface area contributed by atoms with E-state index in [1.165, 1.54) is 55.0 Å². The van der Waals surface area contributed by atoms with Gasteiger partial charge in [0.05, 0.1) is 24.8 Å². The van der Waals surface area contributed by atoms with Crippen LogP contribution in [-0.4, -0.2) is 41.2 Å². The van der Waals surface area contributed by atoms with Gasteiger partial charge in [-0.3, -0.25) is 5.32 Å². The van der Waals surface area contributed by atoms with Crippen molar-refractivity contribution in [2.75, 3.05) is 24.0 Å². The summed E-state index contributed by atoms with van der Waals surface area (Å²) in [5, 5.41) is 6.93. The molecule has 0 aliphatic heterocycles. The Morgan fingerprint density at radius 1 is 1.12 bits per heavy atom. The number of hydrogen-bond acceptors (Lipinski definition) is 9. The monoisotopic (exact) mass is 530 g/mol. The van der Waals surface area contributed by atoms with Gasteiger partial charge in [-0.2, -0.15) is 0 Å². The maximum Gasteiger partial charge on any atom is 0.325 e. The summed E-state index contributed by atoms with van der Waals surface area (Å²) in [7, 11) is -6.96. The molecule has 2 amide bonds. The van der Waals surface area contributed by atoms with Crippen molar-refractivity contribution in [3.05, 3.63) is 59.4 Å². The molecule has 1 aromatic heterocycles. The van der Waals surface area contributed by atoms with Crippen LogP contribution in [0.15, 0.2) is 48.0 Å². The fourth-order valence-electron chi connectivity index (χ4n) is 2.73. The number of thiazole rings is 1. The molecule has 3 aromatic rings. The first kappa shape index (κ1) is 25.4. The smallest absolute Gasteiger partial charge is 0.325 e. The molecule has 11 nitrogen and oxygen atoms in total. The number of sulfonamides is 2. The highest BCUT2D eigenvalue weighted by atomic mass is 32.3. The molecule has 0 unspecified atom stereocenters. The van der Waals surface area contributed by atoms with E-state index in [9.17, 15) is 26.0 Å². The third-order valence-corrected chi connectivity index (χ3v) is 7.57. The summed E-state index contributed by atoms with van der Waals surface area (Å²) in [4.78, 5) is 16.4. The number of anilines is 2. The Morgan fingerprint density at radius 3 is 2.53 bits per heavy atom. The Hall–Kier alpha value is -3.27. The Morgan fingerprint density at radius 2 is 1.88 bits per heavy atom. The lowest BCUT2D eigenvalue weighted by atomic mass is 10.2. The summed E-state index contributed by atoms with van der Waals surface area (Å²) in [6.07, 6.45) is 2.19. The number of methoxy groups -OCH3 is 1. The molecule has 0 saturated heterocycles. The van der Waals surface area contributed by atoms with Gasteiger partial charge in [0.15, 0.2) is 22.4 Å². The molecule has 182 valence electrons. The van der Waals surface area contributed by atoms with Crippen LogP contribution in [0, 0.1) is 5.82 Å². The van der Waals surface area contributed by atoms with Gasteiger partial charge in [-0.15, -0.1) is 15.5 Å². The van der Waals surface area contributed by atoms with Crippen LogP contribution in [0.1, 0.15) is 5.56 Å². The minimum Gasteiger partial charge on any atom is -0.493 e. The molecule has 3 N–H and O–H groups in total. The number of benzene rings is 2. The number of urea groups is 1. The van der Waals surface area contributed by atoms with E-state index in [1.807, 2.05) is 0 Å². The second kappa shape index (κ2) is 10.3. The van der Waals surface area contributed by atoms with Crippen molar-refractivity contribution >= 4 is 48.2 Å². The predicted octanol–water partition coefficient (Wildman–Crippen LogP) is 3.11. The van der Waals surface area contributed by atoms with Gasteiger partial charge >= 0.3 is 6.03 Å². The maximum absolute atomic E-state index is 14.4. The van der Waals surface area contributed by atoms with Gasteiger partial charge in [0.25, 0.3) is 0 Å². The topological polar surface area (TPSA) is 153 Å². The third-order valence-electron chi connectivity index (χ3n) is 3.94. The van der Waals surface area contributed by atoms with Crippen LogP contribution in [0.5, 0.6) is 17.2 Å². The highest BCUT2D eigenvalue weighted by molar-refractivity contribution is 8.04. The number of nitrogens with one attached hydrogen (secondary N) is 3. The quantitative estimate of drug-likeness (QED) is 0.382. The molecule has 0 radical (unpaired) electrons. The van der Waals surface area contributed by atoms with Crippen molar-refractivity contribution in [3.8, 4) is 17.2 Å². The van der Waals surface area contributed by atoms with Crippen molar-refractivity contribution in [1.82, 2.24) is 9.11 Å². The lowest BCUT2D eigenvalue weighted by Gasteiger charge is -2.16. The lowest BCUT2D eigenvalue weighted by molar-refractivity contribution is 0.262. The van der Waals surface area contributed by atoms with Gasteiger partial charge in [0, 0.05) is 11.6 Å². The van der Waals surface area contributed by atoms with Gasteiger partial charge in [-0.25, -0.2) is 31.0 Å². The highest BCUT2D eigenvalue weighted by Crippen LogP contribution is 2.37. The number of hydrogen-bond donors (Lipinski definition) is 3. The van der Waals surface area contributed by atoms with Gasteiger partial charge < -0.3 is 14.8 Å². The fraction of sp³-hybridized carbons (Fsp3) is 0.158. The van der Waals surface area contributed by atoms with Gasteiger partial charge in [0.2, 0.25) is 25.8 Å². The van der Waals surface area contributed by atoms with E-state index in [4.69, 9.17) is 9.47 Å². The summed E-state index contributed by atoms with van der Waals surface area (Å²) >= 11 is 1.17. The SMILES string of the molecule is COc1cccc(F)c1Oc1ccc(CS(=O)(=O)NS(C)(=O)=O)cc1NC(=O)Nc1nccs1. The normalized spacial score (nSPS) is 11.6. The van der Waals surface area contributed by atoms with E-state index in [0.29, 0.717) is 11.4 Å². The molecule has 15 heteroatoms. The maximum atomic E-state index is 14.4. The zero-order valence-electron chi connectivity index (χ0n) is 17.7. The first-order valence-electron chi connectivity index (χ1n) is 9.28. The number of rotatable bonds is 9. The van der Waals surface area contributed by atoms with Crippen molar-refractivity contribution in [2.45, 2.75) is 5.75 Å². The third kappa shape index (κ3) is 7.11. The summed E-state index contributed by atoms with van der Waals surface area (Å²) in [5.41, 5.74) is 0.0972. The van der Waals surface area contributed by atoms with Crippen molar-refractivity contribution in [3.63, 3.8) is 0 Å². The zero-order valence-corrected chi connectivity index (χ0v) is 20.2. The first-order valence-corrected chi connectivity index (χ1v) is 13.7. The number of ether oxygens (including phenoxy) is 2. The Bertz CT molecular complexity index is 1400. The standard InChI is InChI=1S/C19H19FN4O7S3/c1-30-16-5-3-4-13(20)17(16)31-15-7-6-12(11-34(28,29)24-33(2,26)27)10-14(15)22-18(25)23-19-21-8-9-32-19/h3-10,24H,11H2,1-2H3,(H2,21,22,23,25). The molecule has 2 aromatic carbocycles. The summed E-state index contributed by atoms with van der Waals surface area (Å²) in [6, 6.07) is 7.20. The molecule has 0 saturated carbocycles. The number of amides is 2. The second-order valence-corrected chi connectivity index (χ2v) is 11.4. The van der Waals surface area contributed by atoms with E-state index in [1.54, 1.807) is 9.51 Å². The minimum absolute atomic E-state index is 0.0218. The minimum atomic E-state index is -4.26. The predicted molar refractivity (Wildman–Crippen MR) is 125 cm³/mol. The molecule has 0 atom stereocenters. The van der Waals surface area contributed by atoms with Gasteiger partial charge in [-0.05, 0) is 29.8 Å². The average Bonchev–Trinajstić information content (AvgIpc) is 3.21. The van der Waals surface area contributed by atoms with Crippen LogP contribution >= 0.6 is 11.3 Å². The molecule has 0 bridgehead atoms.